The number of hydrogen-bond donors (Lipinski definition) is 1. The molecule has 2 fully saturated rings. The Labute approximate surface area is 284 Å². The number of carbonyl (C=O) groups is 2. The van der Waals surface area contributed by atoms with Crippen LogP contribution in [0.5, 0.6) is 0 Å². The van der Waals surface area contributed by atoms with Gasteiger partial charge in [-0.25, -0.2) is 9.78 Å². The molecule has 2 aliphatic rings. The third kappa shape index (κ3) is 12.2. The first-order valence-electron chi connectivity index (χ1n) is 15.0. The van der Waals surface area contributed by atoms with Gasteiger partial charge in [0.1, 0.15) is 18.1 Å². The molecule has 0 spiro atoms. The number of esters is 2. The van der Waals surface area contributed by atoms with E-state index in [-0.39, 0.29) is 60.2 Å². The molecule has 242 valence electrons. The molecule has 1 aromatic heterocycles. The Morgan fingerprint density at radius 2 is 1.91 bits per heavy atom. The predicted molar refractivity (Wildman–Crippen MR) is 159 cm³/mol. The normalized spacial score (nSPS) is 31.4. The zero-order valence-electron chi connectivity index (χ0n) is 27.1. The van der Waals surface area contributed by atoms with E-state index in [1.807, 2.05) is 20.8 Å². The van der Waals surface area contributed by atoms with Crippen molar-refractivity contribution in [3.8, 4) is 0 Å². The minimum Gasteiger partial charge on any atom is -0.810 e. The number of aliphatic hydroxyl groups is 1. The summed E-state index contributed by atoms with van der Waals surface area (Å²) in [6, 6.07) is 0. The first-order valence-corrected chi connectivity index (χ1v) is 15.8. The van der Waals surface area contributed by atoms with Crippen molar-refractivity contribution in [3.63, 3.8) is 0 Å². The van der Waals surface area contributed by atoms with Crippen LogP contribution < -0.4 is 34.5 Å². The monoisotopic (exact) mass is 647 g/mol. The third-order valence-electron chi connectivity index (χ3n) is 8.37. The molecule has 0 aromatic carbocycles. The number of aliphatic hydroxyl groups excluding tert-OH is 1. The predicted octanol–water partition coefficient (Wildman–Crippen LogP) is 1.59. The van der Waals surface area contributed by atoms with E-state index in [0.29, 0.717) is 56.5 Å². The molecule has 1 aromatic rings. The fourth-order valence-electron chi connectivity index (χ4n) is 5.66. The van der Waals surface area contributed by atoms with E-state index in [4.69, 9.17) is 27.9 Å². The van der Waals surface area contributed by atoms with Crippen LogP contribution >= 0.6 is 9.03 Å². The number of ether oxygens (including phenoxy) is 4. The van der Waals surface area contributed by atoms with Crippen LogP contribution in [0.1, 0.15) is 96.8 Å². The van der Waals surface area contributed by atoms with E-state index in [9.17, 15) is 19.6 Å². The van der Waals surface area contributed by atoms with Gasteiger partial charge >= 0.3 is 41.5 Å². The molecule has 1 N–H and O–H groups in total. The number of methoxy groups -OCH3 is 2. The Kier molecular flexibility index (Phi) is 17.3. The molecule has 0 radical (unpaired) electrons. The summed E-state index contributed by atoms with van der Waals surface area (Å²) in [5.74, 6) is -1.14. The number of oxazole rings is 1. The second kappa shape index (κ2) is 19.5. The van der Waals surface area contributed by atoms with E-state index >= 15 is 0 Å². The molecule has 0 saturated carbocycles. The van der Waals surface area contributed by atoms with Crippen molar-refractivity contribution in [3.05, 3.63) is 35.1 Å². The van der Waals surface area contributed by atoms with Crippen molar-refractivity contribution < 1.29 is 77.0 Å². The first kappa shape index (κ1) is 39.0. The van der Waals surface area contributed by atoms with Gasteiger partial charge in [0.05, 0.1) is 43.5 Å². The maximum Gasteiger partial charge on any atom is 1.00 e. The molecular weight excluding hydrogens is 600 g/mol. The van der Waals surface area contributed by atoms with Gasteiger partial charge in [-0.05, 0) is 63.9 Å². The molecule has 2 unspecified atom stereocenters. The van der Waals surface area contributed by atoms with Gasteiger partial charge in [-0.1, -0.05) is 28.5 Å². The standard InChI is InChI=1S/C31H47NO10P.Na/c1-18(21(4)37-5)11-29-32-26(17-39-29)28-15-23(33)8-7-9-24-12-22(14-30(34)38-6)13-25(40-24)16-27(42-43-36)19(2)10-20(3)31(35)41-28;/h11,14,17,19-21,23-25,27-28,33,43H,7-10,12-13,15-16H2,1-6H3;/q-1;+1/b18-11+,22-14-;/t19-,20-,21+,23-,24+,25+,27-,28?;/m0./s1. The second-order valence-corrected chi connectivity index (χ2v) is 12.2. The van der Waals surface area contributed by atoms with Gasteiger partial charge in [-0.3, -0.25) is 4.79 Å². The molecule has 3 rings (SSSR count). The summed E-state index contributed by atoms with van der Waals surface area (Å²) in [4.78, 5) is 41.4. The Balaban J connectivity index is 0.00000675. The quantitative estimate of drug-likeness (QED) is 0.199. The number of rotatable bonds is 7. The number of cyclic esters (lactones) is 1. The molecule has 0 aliphatic carbocycles. The third-order valence-corrected chi connectivity index (χ3v) is 8.77. The van der Waals surface area contributed by atoms with Crippen molar-refractivity contribution in [1.29, 1.82) is 0 Å². The van der Waals surface area contributed by atoms with Crippen LogP contribution in [0.4, 0.5) is 0 Å². The average molecular weight is 648 g/mol. The van der Waals surface area contributed by atoms with Crippen LogP contribution in [0.3, 0.4) is 0 Å². The van der Waals surface area contributed by atoms with Crippen LogP contribution in [-0.2, 0) is 33.1 Å². The summed E-state index contributed by atoms with van der Waals surface area (Å²) >= 11 is 0. The van der Waals surface area contributed by atoms with Crippen LogP contribution in [0, 0.1) is 11.8 Å². The number of carbonyl (C=O) groups excluding carboxylic acids is 2. The zero-order valence-corrected chi connectivity index (χ0v) is 30.1. The number of fused-ring (bicyclic) bond motifs is 2. The van der Waals surface area contributed by atoms with Crippen LogP contribution in [0.25, 0.3) is 6.08 Å². The van der Waals surface area contributed by atoms with Gasteiger partial charge < -0.3 is 37.9 Å². The van der Waals surface area contributed by atoms with Gasteiger partial charge in [0.25, 0.3) is 0 Å². The fourth-order valence-corrected chi connectivity index (χ4v) is 6.11. The molecule has 0 amide bonds. The van der Waals surface area contributed by atoms with Crippen molar-refractivity contribution in [2.75, 3.05) is 14.2 Å². The van der Waals surface area contributed by atoms with Crippen molar-refractivity contribution in [2.24, 2.45) is 11.8 Å². The van der Waals surface area contributed by atoms with Gasteiger partial charge in [-0.15, -0.1) is 0 Å². The number of hydrogen-bond acceptors (Lipinski definition) is 11. The molecule has 13 heteroatoms. The molecule has 11 nitrogen and oxygen atoms in total. The first-order chi connectivity index (χ1) is 20.5. The Morgan fingerprint density at radius 3 is 2.59 bits per heavy atom. The Bertz CT molecular complexity index is 1110. The summed E-state index contributed by atoms with van der Waals surface area (Å²) in [6.07, 6.45) is 6.13. The summed E-state index contributed by atoms with van der Waals surface area (Å²) in [5, 5.41) is 11.0. The van der Waals surface area contributed by atoms with Gasteiger partial charge in [0, 0.05) is 32.1 Å². The average Bonchev–Trinajstić information content (AvgIpc) is 3.43. The van der Waals surface area contributed by atoms with Crippen molar-refractivity contribution in [1.82, 2.24) is 4.98 Å². The fraction of sp³-hybridized carbons (Fsp3) is 0.710. The van der Waals surface area contributed by atoms with Crippen molar-refractivity contribution in [2.45, 2.75) is 116 Å². The minimum absolute atomic E-state index is 0. The van der Waals surface area contributed by atoms with E-state index in [0.717, 1.165) is 11.1 Å². The molecule has 2 bridgehead atoms. The number of nitrogens with zero attached hydrogens (tertiary/aromatic N) is 1. The van der Waals surface area contributed by atoms with E-state index < -0.39 is 45.2 Å². The minimum atomic E-state index is -0.960. The van der Waals surface area contributed by atoms with Crippen LogP contribution in [0.15, 0.2) is 27.9 Å². The topological polar surface area (TPSA) is 150 Å². The van der Waals surface area contributed by atoms with E-state index in [1.165, 1.54) is 19.4 Å². The van der Waals surface area contributed by atoms with Crippen LogP contribution in [0.2, 0.25) is 0 Å². The Hall–Kier alpha value is -1.14. The molecule has 2 aliphatic heterocycles. The van der Waals surface area contributed by atoms with E-state index in [1.54, 1.807) is 20.1 Å². The summed E-state index contributed by atoms with van der Waals surface area (Å²) in [6.45, 7) is 7.56. The molecule has 3 heterocycles. The largest absolute Gasteiger partial charge is 1.00 e. The molecular formula is C31H47NNaO10P. The maximum absolute atomic E-state index is 13.3. The molecule has 9 atom stereocenters. The Morgan fingerprint density at radius 1 is 1.18 bits per heavy atom. The summed E-state index contributed by atoms with van der Waals surface area (Å²) in [7, 11) is 2.01. The second-order valence-electron chi connectivity index (χ2n) is 11.8. The van der Waals surface area contributed by atoms with Crippen molar-refractivity contribution >= 4 is 27.0 Å². The van der Waals surface area contributed by atoms with Gasteiger partial charge in [-0.2, -0.15) is 0 Å². The van der Waals surface area contributed by atoms with Gasteiger partial charge in [0.15, 0.2) is 0 Å². The molecule has 2 saturated heterocycles. The zero-order chi connectivity index (χ0) is 31.5. The maximum atomic E-state index is 13.3. The van der Waals surface area contributed by atoms with E-state index in [2.05, 4.69) is 4.98 Å². The summed E-state index contributed by atoms with van der Waals surface area (Å²) in [5.41, 5.74) is 2.26. The SMILES string of the molecule is COC(=O)/C=C1/C[C@H]2CCC[C@H](O)CC(c3coc(/C=C(\C)[C@@H](C)OC)n3)OC(=O)[C@@H](C)C[C@H](C)[C@@H](OP[O-])C[C@@H](C1)O2.[Na+]. The van der Waals surface area contributed by atoms with Gasteiger partial charge in [0.2, 0.25) is 5.89 Å². The summed E-state index contributed by atoms with van der Waals surface area (Å²) < 4.78 is 33.8. The smallest absolute Gasteiger partial charge is 0.810 e. The molecule has 44 heavy (non-hydrogen) atoms. The number of aromatic nitrogens is 1. The van der Waals surface area contributed by atoms with Crippen LogP contribution in [-0.4, -0.2) is 66.8 Å².